The minimum absolute atomic E-state index is 0.126. The number of carbonyl (C=O) groups excluding carboxylic acids is 1. The molecule has 5 aliphatic rings. The van der Waals surface area contributed by atoms with Crippen LogP contribution in [0.25, 0.3) is 0 Å². The summed E-state index contributed by atoms with van der Waals surface area (Å²) in [4.78, 5) is 11.5. The zero-order valence-corrected chi connectivity index (χ0v) is 14.9. The summed E-state index contributed by atoms with van der Waals surface area (Å²) in [5, 5.41) is 0. The average Bonchev–Trinajstić information content (AvgIpc) is 3.17. The van der Waals surface area contributed by atoms with Gasteiger partial charge in [-0.25, -0.2) is 4.79 Å². The van der Waals surface area contributed by atoms with Gasteiger partial charge in [-0.2, -0.15) is 0 Å². The van der Waals surface area contributed by atoms with Gasteiger partial charge in [0.1, 0.15) is 6.61 Å². The monoisotopic (exact) mass is 326 g/mol. The maximum Gasteiger partial charge on any atom is 0.331 e. The molecule has 0 radical (unpaired) electrons. The molecule has 0 bridgehead atoms. The van der Waals surface area contributed by atoms with Gasteiger partial charge in [0.25, 0.3) is 0 Å². The van der Waals surface area contributed by atoms with Gasteiger partial charge in [-0.05, 0) is 79.1 Å². The van der Waals surface area contributed by atoms with E-state index in [-0.39, 0.29) is 5.97 Å². The van der Waals surface area contributed by atoms with Crippen LogP contribution in [-0.2, 0) is 9.53 Å². The average molecular weight is 326 g/mol. The number of rotatable bonds is 1. The Labute approximate surface area is 145 Å². The molecule has 1 heterocycles. The lowest BCUT2D eigenvalue weighted by molar-refractivity contribution is -0.135. The second-order valence-electron chi connectivity index (χ2n) is 9.29. The molecule has 0 aromatic rings. The van der Waals surface area contributed by atoms with Crippen molar-refractivity contribution >= 4 is 5.97 Å². The summed E-state index contributed by atoms with van der Waals surface area (Å²) in [5.41, 5.74) is 3.33. The first-order valence-corrected chi connectivity index (χ1v) is 10.2. The highest BCUT2D eigenvalue weighted by Gasteiger charge is 2.53. The Morgan fingerprint density at radius 1 is 1.08 bits per heavy atom. The lowest BCUT2D eigenvalue weighted by Crippen LogP contribution is -2.45. The molecule has 3 saturated carbocycles. The zero-order chi connectivity index (χ0) is 16.3. The maximum absolute atomic E-state index is 11.5. The summed E-state index contributed by atoms with van der Waals surface area (Å²) in [6, 6.07) is 0. The summed E-state index contributed by atoms with van der Waals surface area (Å²) < 4.78 is 5.23. The van der Waals surface area contributed by atoms with E-state index in [1.165, 1.54) is 56.9 Å². The van der Waals surface area contributed by atoms with Crippen molar-refractivity contribution in [3.63, 3.8) is 0 Å². The predicted octanol–water partition coefficient (Wildman–Crippen LogP) is 5.05. The second-order valence-corrected chi connectivity index (χ2v) is 9.29. The van der Waals surface area contributed by atoms with Crippen LogP contribution in [0.2, 0.25) is 0 Å². The third-order valence-electron chi connectivity index (χ3n) is 8.41. The summed E-state index contributed by atoms with van der Waals surface area (Å²) >= 11 is 0. The highest BCUT2D eigenvalue weighted by atomic mass is 16.5. The van der Waals surface area contributed by atoms with E-state index in [0.717, 1.165) is 30.1 Å². The summed E-state index contributed by atoms with van der Waals surface area (Å²) in [5.74, 6) is 4.23. The number of allylic oxidation sites excluding steroid dienone is 2. The smallest absolute Gasteiger partial charge is 0.331 e. The van der Waals surface area contributed by atoms with Crippen LogP contribution in [0.4, 0.5) is 0 Å². The molecule has 130 valence electrons. The number of ether oxygens (including phenoxy) is 1. The van der Waals surface area contributed by atoms with Crippen LogP contribution in [-0.4, -0.2) is 12.6 Å². The van der Waals surface area contributed by atoms with Gasteiger partial charge in [0.2, 0.25) is 0 Å². The van der Waals surface area contributed by atoms with Crippen LogP contribution in [0.1, 0.15) is 64.7 Å². The SMILES string of the molecule is C[C@]12CC[C@@H]3[C@H]4CCCC[C@H]4CC[C@H]3C1=CC[C@@H]2C1=CC(=O)OC1. The first-order chi connectivity index (χ1) is 11.7. The van der Waals surface area contributed by atoms with E-state index in [9.17, 15) is 4.79 Å². The van der Waals surface area contributed by atoms with Gasteiger partial charge in [-0.1, -0.05) is 37.8 Å². The summed E-state index contributed by atoms with van der Waals surface area (Å²) in [6.45, 7) is 3.03. The van der Waals surface area contributed by atoms with Crippen molar-refractivity contribution in [2.45, 2.75) is 64.7 Å². The zero-order valence-electron chi connectivity index (χ0n) is 14.9. The molecule has 0 unspecified atom stereocenters. The molecule has 2 nitrogen and oxygen atoms in total. The normalized spacial score (nSPS) is 47.2. The molecule has 0 saturated heterocycles. The highest BCUT2D eigenvalue weighted by molar-refractivity contribution is 5.85. The fraction of sp³-hybridized carbons (Fsp3) is 0.773. The first kappa shape index (κ1) is 15.2. The van der Waals surface area contributed by atoms with Gasteiger partial charge in [-0.15, -0.1) is 0 Å². The van der Waals surface area contributed by atoms with E-state index < -0.39 is 0 Å². The third kappa shape index (κ3) is 2.10. The summed E-state index contributed by atoms with van der Waals surface area (Å²) in [6.07, 6.45) is 17.1. The van der Waals surface area contributed by atoms with Crippen LogP contribution in [0.15, 0.2) is 23.3 Å². The van der Waals surface area contributed by atoms with Gasteiger partial charge in [0.05, 0.1) is 0 Å². The topological polar surface area (TPSA) is 26.3 Å². The fourth-order valence-corrected chi connectivity index (χ4v) is 7.32. The van der Waals surface area contributed by atoms with Gasteiger partial charge in [0, 0.05) is 6.08 Å². The lowest BCUT2D eigenvalue weighted by Gasteiger charge is -2.54. The molecule has 24 heavy (non-hydrogen) atoms. The minimum Gasteiger partial charge on any atom is -0.458 e. The number of hydrogen-bond acceptors (Lipinski definition) is 2. The lowest BCUT2D eigenvalue weighted by atomic mass is 9.51. The minimum atomic E-state index is -0.126. The van der Waals surface area contributed by atoms with Crippen molar-refractivity contribution in [2.75, 3.05) is 6.61 Å². The second kappa shape index (κ2) is 5.47. The Kier molecular flexibility index (Phi) is 3.47. The summed E-state index contributed by atoms with van der Waals surface area (Å²) in [7, 11) is 0. The number of hydrogen-bond donors (Lipinski definition) is 0. The number of cyclic esters (lactones) is 1. The Morgan fingerprint density at radius 3 is 2.79 bits per heavy atom. The molecular weight excluding hydrogens is 296 g/mol. The van der Waals surface area contributed by atoms with Crippen LogP contribution >= 0.6 is 0 Å². The van der Waals surface area contributed by atoms with Crippen molar-refractivity contribution in [2.24, 2.45) is 35.0 Å². The molecule has 5 rings (SSSR count). The van der Waals surface area contributed by atoms with Crippen molar-refractivity contribution in [1.29, 1.82) is 0 Å². The van der Waals surface area contributed by atoms with Gasteiger partial charge in [-0.3, -0.25) is 0 Å². The van der Waals surface area contributed by atoms with Crippen LogP contribution in [0.5, 0.6) is 0 Å². The standard InChI is InChI=1S/C22H30O2/c1-22-11-10-17-16-5-3-2-4-14(16)6-7-18(17)20(22)9-8-19(22)15-12-21(23)24-13-15/h9,12,14,16-19H,2-8,10-11,13H2,1H3/t14-,16-,17+,18+,19+,22+/m0/s1. The van der Waals surface area contributed by atoms with Crippen molar-refractivity contribution in [3.8, 4) is 0 Å². The van der Waals surface area contributed by atoms with Crippen LogP contribution < -0.4 is 0 Å². The molecule has 0 aromatic carbocycles. The Hall–Kier alpha value is -1.05. The Balaban J connectivity index is 1.42. The van der Waals surface area contributed by atoms with E-state index in [2.05, 4.69) is 13.0 Å². The van der Waals surface area contributed by atoms with E-state index >= 15 is 0 Å². The molecule has 0 spiro atoms. The maximum atomic E-state index is 11.5. The number of esters is 1. The van der Waals surface area contributed by atoms with Gasteiger partial charge < -0.3 is 4.74 Å². The molecule has 4 aliphatic carbocycles. The predicted molar refractivity (Wildman–Crippen MR) is 94.2 cm³/mol. The van der Waals surface area contributed by atoms with Gasteiger partial charge in [0.15, 0.2) is 0 Å². The van der Waals surface area contributed by atoms with E-state index in [1.807, 2.05) is 0 Å². The van der Waals surface area contributed by atoms with Crippen molar-refractivity contribution in [1.82, 2.24) is 0 Å². The Morgan fingerprint density at radius 2 is 1.96 bits per heavy atom. The van der Waals surface area contributed by atoms with Gasteiger partial charge >= 0.3 is 5.97 Å². The first-order valence-electron chi connectivity index (χ1n) is 10.2. The van der Waals surface area contributed by atoms with Crippen LogP contribution in [0.3, 0.4) is 0 Å². The van der Waals surface area contributed by atoms with E-state index in [4.69, 9.17) is 4.74 Å². The largest absolute Gasteiger partial charge is 0.458 e. The number of fused-ring (bicyclic) bond motifs is 5. The molecule has 6 atom stereocenters. The highest BCUT2D eigenvalue weighted by Crippen LogP contribution is 2.63. The van der Waals surface area contributed by atoms with Crippen LogP contribution in [0, 0.1) is 35.0 Å². The molecule has 0 amide bonds. The Bertz CT molecular complexity index is 615. The molecule has 0 N–H and O–H groups in total. The molecule has 0 aromatic heterocycles. The van der Waals surface area contributed by atoms with Crippen molar-refractivity contribution < 1.29 is 9.53 Å². The molecule has 2 heteroatoms. The van der Waals surface area contributed by atoms with Crippen molar-refractivity contribution in [3.05, 3.63) is 23.3 Å². The molecule has 3 fully saturated rings. The number of carbonyl (C=O) groups is 1. The third-order valence-corrected chi connectivity index (χ3v) is 8.41. The molecular formula is C22H30O2. The fourth-order valence-electron chi connectivity index (χ4n) is 7.32. The quantitative estimate of drug-likeness (QED) is 0.498. The van der Waals surface area contributed by atoms with E-state index in [1.54, 1.807) is 11.6 Å². The molecule has 1 aliphatic heterocycles. The van der Waals surface area contributed by atoms with E-state index in [0.29, 0.717) is 17.9 Å².